The summed E-state index contributed by atoms with van der Waals surface area (Å²) < 4.78 is 0.921. The molecule has 1 aliphatic rings. The number of hydrogen-bond acceptors (Lipinski definition) is 2. The minimum atomic E-state index is 0.485. The number of thiophene rings is 1. The highest BCUT2D eigenvalue weighted by atomic mass is 35.5. The molecule has 1 nitrogen and oxygen atoms in total. The minimum absolute atomic E-state index is 0.485. The number of nitrogens with one attached hydrogen (secondary N) is 1. The van der Waals surface area contributed by atoms with Crippen molar-refractivity contribution in [3.8, 4) is 0 Å². The van der Waals surface area contributed by atoms with Gasteiger partial charge in [0, 0.05) is 17.5 Å². The summed E-state index contributed by atoms with van der Waals surface area (Å²) in [5.41, 5.74) is 0.485. The van der Waals surface area contributed by atoms with Gasteiger partial charge in [0.25, 0.3) is 0 Å². The molecule has 1 saturated carbocycles. The van der Waals surface area contributed by atoms with E-state index in [1.165, 1.54) is 37.0 Å². The largest absolute Gasteiger partial charge is 0.314 e. The Kier molecular flexibility index (Phi) is 4.51. The van der Waals surface area contributed by atoms with Crippen molar-refractivity contribution in [2.24, 2.45) is 5.41 Å². The van der Waals surface area contributed by atoms with Gasteiger partial charge in [0.2, 0.25) is 0 Å². The Hall–Kier alpha value is -0.0500. The van der Waals surface area contributed by atoms with Crippen LogP contribution in [-0.4, -0.2) is 12.6 Å². The second-order valence-electron chi connectivity index (χ2n) is 5.63. The molecule has 0 aliphatic heterocycles. The van der Waals surface area contributed by atoms with Crippen LogP contribution in [0.25, 0.3) is 0 Å². The normalized spacial score (nSPS) is 19.1. The van der Waals surface area contributed by atoms with Gasteiger partial charge < -0.3 is 5.32 Å². The first-order valence-electron chi connectivity index (χ1n) is 6.57. The third-order valence-electron chi connectivity index (χ3n) is 3.73. The number of halogens is 1. The van der Waals surface area contributed by atoms with Gasteiger partial charge >= 0.3 is 0 Å². The first-order valence-corrected chi connectivity index (χ1v) is 7.77. The molecule has 1 heterocycles. The fourth-order valence-electron chi connectivity index (χ4n) is 2.78. The SMILES string of the molecule is CC(C)NCC1(Cc2ccc(Cl)s2)CCCC1. The predicted molar refractivity (Wildman–Crippen MR) is 77.1 cm³/mol. The Morgan fingerprint density at radius 2 is 2.06 bits per heavy atom. The molecule has 0 atom stereocenters. The number of hydrogen-bond donors (Lipinski definition) is 1. The molecule has 0 bridgehead atoms. The third kappa shape index (κ3) is 3.70. The standard InChI is InChI=1S/C14H22ClNS/c1-11(2)16-10-14(7-3-4-8-14)9-12-5-6-13(15)17-12/h5-6,11,16H,3-4,7-10H2,1-2H3. The van der Waals surface area contributed by atoms with E-state index in [-0.39, 0.29) is 0 Å². The second kappa shape index (κ2) is 5.73. The zero-order valence-electron chi connectivity index (χ0n) is 10.8. The fraction of sp³-hybridized carbons (Fsp3) is 0.714. The highest BCUT2D eigenvalue weighted by Crippen LogP contribution is 2.42. The van der Waals surface area contributed by atoms with Crippen LogP contribution in [0, 0.1) is 5.41 Å². The molecule has 0 radical (unpaired) electrons. The molecule has 1 aromatic heterocycles. The Morgan fingerprint density at radius 3 is 2.59 bits per heavy atom. The monoisotopic (exact) mass is 271 g/mol. The smallest absolute Gasteiger partial charge is 0.0931 e. The zero-order valence-corrected chi connectivity index (χ0v) is 12.3. The Labute approximate surface area is 114 Å². The molecule has 1 aliphatic carbocycles. The summed E-state index contributed by atoms with van der Waals surface area (Å²) in [6.07, 6.45) is 6.70. The lowest BCUT2D eigenvalue weighted by atomic mass is 9.82. The van der Waals surface area contributed by atoms with E-state index < -0.39 is 0 Å². The van der Waals surface area contributed by atoms with E-state index in [1.807, 2.05) is 6.07 Å². The molecule has 1 N–H and O–H groups in total. The highest BCUT2D eigenvalue weighted by molar-refractivity contribution is 7.16. The van der Waals surface area contributed by atoms with Crippen LogP contribution in [0.4, 0.5) is 0 Å². The molecule has 3 heteroatoms. The van der Waals surface area contributed by atoms with Crippen LogP contribution < -0.4 is 5.32 Å². The summed E-state index contributed by atoms with van der Waals surface area (Å²) in [7, 11) is 0. The molecule has 2 rings (SSSR count). The van der Waals surface area contributed by atoms with Crippen LogP contribution in [0.5, 0.6) is 0 Å². The van der Waals surface area contributed by atoms with Crippen molar-refractivity contribution >= 4 is 22.9 Å². The average molecular weight is 272 g/mol. The van der Waals surface area contributed by atoms with Gasteiger partial charge in [0.15, 0.2) is 0 Å². The molecule has 0 unspecified atom stereocenters. The van der Waals surface area contributed by atoms with Crippen LogP contribution in [0.15, 0.2) is 12.1 Å². The van der Waals surface area contributed by atoms with Gasteiger partial charge in [0.1, 0.15) is 0 Å². The van der Waals surface area contributed by atoms with Crippen molar-refractivity contribution in [2.75, 3.05) is 6.54 Å². The molecule has 96 valence electrons. The Morgan fingerprint density at radius 1 is 1.35 bits per heavy atom. The van der Waals surface area contributed by atoms with Gasteiger partial charge in [-0.05, 0) is 36.8 Å². The molecule has 0 amide bonds. The molecule has 17 heavy (non-hydrogen) atoms. The van der Waals surface area contributed by atoms with Crippen LogP contribution in [0.1, 0.15) is 44.4 Å². The number of rotatable bonds is 5. The first-order chi connectivity index (χ1) is 8.10. The maximum Gasteiger partial charge on any atom is 0.0931 e. The Bertz CT molecular complexity index is 353. The predicted octanol–water partition coefficient (Wildman–Crippen LogP) is 4.50. The van der Waals surface area contributed by atoms with Crippen molar-refractivity contribution < 1.29 is 0 Å². The van der Waals surface area contributed by atoms with Gasteiger partial charge in [-0.2, -0.15) is 0 Å². The highest BCUT2D eigenvalue weighted by Gasteiger charge is 2.34. The molecular formula is C14H22ClNS. The van der Waals surface area contributed by atoms with Gasteiger partial charge in [-0.1, -0.05) is 38.3 Å². The second-order valence-corrected chi connectivity index (χ2v) is 7.42. The fourth-order valence-corrected chi connectivity index (χ4v) is 4.04. The van der Waals surface area contributed by atoms with Gasteiger partial charge in [-0.3, -0.25) is 0 Å². The lowest BCUT2D eigenvalue weighted by Gasteiger charge is -2.30. The average Bonchev–Trinajstić information content (AvgIpc) is 2.87. The van der Waals surface area contributed by atoms with Crippen molar-refractivity contribution in [1.29, 1.82) is 0 Å². The van der Waals surface area contributed by atoms with Crippen LogP contribution in [0.2, 0.25) is 4.34 Å². The van der Waals surface area contributed by atoms with Gasteiger partial charge in [-0.15, -0.1) is 11.3 Å². The third-order valence-corrected chi connectivity index (χ3v) is 4.96. The quantitative estimate of drug-likeness (QED) is 0.831. The van der Waals surface area contributed by atoms with Crippen LogP contribution in [-0.2, 0) is 6.42 Å². The van der Waals surface area contributed by atoms with Crippen molar-refractivity contribution in [3.05, 3.63) is 21.3 Å². The van der Waals surface area contributed by atoms with E-state index in [1.54, 1.807) is 11.3 Å². The maximum absolute atomic E-state index is 6.02. The topological polar surface area (TPSA) is 12.0 Å². The summed E-state index contributed by atoms with van der Waals surface area (Å²) in [6.45, 7) is 5.61. The summed E-state index contributed by atoms with van der Waals surface area (Å²) in [5, 5.41) is 3.63. The molecule has 1 fully saturated rings. The van der Waals surface area contributed by atoms with Crippen molar-refractivity contribution in [1.82, 2.24) is 5.32 Å². The van der Waals surface area contributed by atoms with E-state index in [9.17, 15) is 0 Å². The van der Waals surface area contributed by atoms with Gasteiger partial charge in [0.05, 0.1) is 4.34 Å². The molecule has 0 aromatic carbocycles. The van der Waals surface area contributed by atoms with Gasteiger partial charge in [-0.25, -0.2) is 0 Å². The van der Waals surface area contributed by atoms with E-state index >= 15 is 0 Å². The van der Waals surface area contributed by atoms with Crippen LogP contribution >= 0.6 is 22.9 Å². The molecular weight excluding hydrogens is 250 g/mol. The zero-order chi connectivity index (χ0) is 12.3. The summed E-state index contributed by atoms with van der Waals surface area (Å²) in [4.78, 5) is 1.45. The van der Waals surface area contributed by atoms with E-state index in [0.29, 0.717) is 11.5 Å². The molecule has 1 aromatic rings. The summed E-state index contributed by atoms with van der Waals surface area (Å²) >= 11 is 7.77. The van der Waals surface area contributed by atoms with Crippen molar-refractivity contribution in [3.63, 3.8) is 0 Å². The Balaban J connectivity index is 2.01. The lowest BCUT2D eigenvalue weighted by molar-refractivity contribution is 0.271. The first kappa shape index (κ1) is 13.4. The minimum Gasteiger partial charge on any atom is -0.314 e. The van der Waals surface area contributed by atoms with E-state index in [0.717, 1.165) is 10.9 Å². The lowest BCUT2D eigenvalue weighted by Crippen LogP contribution is -2.37. The van der Waals surface area contributed by atoms with Crippen molar-refractivity contribution in [2.45, 2.75) is 52.0 Å². The summed E-state index contributed by atoms with van der Waals surface area (Å²) in [6, 6.07) is 4.81. The van der Waals surface area contributed by atoms with E-state index in [4.69, 9.17) is 11.6 Å². The molecule has 0 saturated heterocycles. The molecule has 0 spiro atoms. The maximum atomic E-state index is 6.02. The van der Waals surface area contributed by atoms with Crippen LogP contribution in [0.3, 0.4) is 0 Å². The van der Waals surface area contributed by atoms with E-state index in [2.05, 4.69) is 25.2 Å². The summed E-state index contributed by atoms with van der Waals surface area (Å²) in [5.74, 6) is 0.